The molecule has 4 bridgehead atoms. The summed E-state index contributed by atoms with van der Waals surface area (Å²) in [6.45, 7) is 0. The fourth-order valence-electron chi connectivity index (χ4n) is 5.18. The maximum absolute atomic E-state index is 14.0. The van der Waals surface area contributed by atoms with E-state index in [1.165, 1.54) is 44.6 Å². The van der Waals surface area contributed by atoms with E-state index >= 15 is 0 Å². The van der Waals surface area contributed by atoms with Gasteiger partial charge < -0.3 is 11.1 Å². The molecule has 3 N–H and O–H groups in total. The molecule has 3 heteroatoms. The van der Waals surface area contributed by atoms with Crippen molar-refractivity contribution in [1.29, 1.82) is 0 Å². The maximum atomic E-state index is 14.0. The minimum Gasteiger partial charge on any atom is -0.399 e. The Bertz CT molecular complexity index is 476. The van der Waals surface area contributed by atoms with Gasteiger partial charge in [-0.25, -0.2) is 4.39 Å². The molecule has 0 saturated heterocycles. The van der Waals surface area contributed by atoms with E-state index in [1.807, 2.05) is 0 Å². The van der Waals surface area contributed by atoms with Crippen LogP contribution >= 0.6 is 0 Å². The molecule has 0 aliphatic heterocycles. The van der Waals surface area contributed by atoms with E-state index in [-0.39, 0.29) is 11.4 Å². The van der Waals surface area contributed by atoms with Crippen molar-refractivity contribution in [1.82, 2.24) is 0 Å². The molecule has 1 aromatic carbocycles. The van der Waals surface area contributed by atoms with Gasteiger partial charge >= 0.3 is 0 Å². The molecule has 0 spiro atoms. The fourth-order valence-corrected chi connectivity index (χ4v) is 5.18. The molecule has 0 amide bonds. The molecular weight excluding hydrogens is 239 g/mol. The molecule has 5 rings (SSSR count). The fraction of sp³-hybridized carbons (Fsp3) is 0.625. The topological polar surface area (TPSA) is 38.0 Å². The lowest BCUT2D eigenvalue weighted by molar-refractivity contribution is 0.0106. The molecule has 4 aliphatic rings. The Balaban J connectivity index is 1.62. The maximum Gasteiger partial charge on any atom is 0.148 e. The summed E-state index contributed by atoms with van der Waals surface area (Å²) in [5.74, 6) is 2.40. The third-order valence-electron chi connectivity index (χ3n) is 5.43. The van der Waals surface area contributed by atoms with Crippen molar-refractivity contribution in [2.45, 2.75) is 44.1 Å². The van der Waals surface area contributed by atoms with Gasteiger partial charge in [-0.1, -0.05) is 0 Å². The second-order valence-electron chi connectivity index (χ2n) is 7.06. The van der Waals surface area contributed by atoms with Crippen LogP contribution < -0.4 is 11.1 Å². The monoisotopic (exact) mass is 260 g/mol. The predicted molar refractivity (Wildman–Crippen MR) is 75.3 cm³/mol. The standard InChI is InChI=1S/C16H21FN2/c17-14-6-13(18)1-2-15(14)19-16-7-10-3-11(8-16)5-12(4-10)9-16/h1-2,6,10-12,19H,3-5,7-9,18H2. The molecule has 4 aliphatic carbocycles. The number of rotatable bonds is 2. The Morgan fingerprint density at radius 1 is 1.05 bits per heavy atom. The van der Waals surface area contributed by atoms with Gasteiger partial charge in [-0.3, -0.25) is 0 Å². The number of nitrogens with one attached hydrogen (secondary N) is 1. The van der Waals surface area contributed by atoms with Gasteiger partial charge in [0.15, 0.2) is 0 Å². The van der Waals surface area contributed by atoms with Crippen molar-refractivity contribution in [3.05, 3.63) is 24.0 Å². The SMILES string of the molecule is Nc1ccc(NC23CC4CC(CC(C4)C2)C3)c(F)c1. The van der Waals surface area contributed by atoms with Crippen LogP contribution in [0, 0.1) is 23.6 Å². The highest BCUT2D eigenvalue weighted by atomic mass is 19.1. The molecule has 19 heavy (non-hydrogen) atoms. The summed E-state index contributed by atoms with van der Waals surface area (Å²) in [5, 5.41) is 3.55. The molecule has 0 radical (unpaired) electrons. The first-order chi connectivity index (χ1) is 9.12. The molecule has 0 aromatic heterocycles. The van der Waals surface area contributed by atoms with E-state index < -0.39 is 0 Å². The van der Waals surface area contributed by atoms with Gasteiger partial charge in [-0.15, -0.1) is 0 Å². The zero-order valence-corrected chi connectivity index (χ0v) is 11.2. The van der Waals surface area contributed by atoms with Crippen LogP contribution in [0.15, 0.2) is 18.2 Å². The number of halogens is 1. The second-order valence-corrected chi connectivity index (χ2v) is 7.06. The van der Waals surface area contributed by atoms with Crippen LogP contribution in [0.25, 0.3) is 0 Å². The van der Waals surface area contributed by atoms with E-state index in [2.05, 4.69) is 5.32 Å². The van der Waals surface area contributed by atoms with Crippen LogP contribution in [0.4, 0.5) is 15.8 Å². The third-order valence-corrected chi connectivity index (χ3v) is 5.43. The number of nitrogens with two attached hydrogens (primary N) is 1. The lowest BCUT2D eigenvalue weighted by Gasteiger charge is -2.57. The van der Waals surface area contributed by atoms with Crippen molar-refractivity contribution in [2.24, 2.45) is 17.8 Å². The van der Waals surface area contributed by atoms with E-state index in [0.29, 0.717) is 11.4 Å². The normalized spacial score (nSPS) is 39.5. The smallest absolute Gasteiger partial charge is 0.148 e. The summed E-state index contributed by atoms with van der Waals surface area (Å²) in [6, 6.07) is 5.00. The number of anilines is 2. The quantitative estimate of drug-likeness (QED) is 0.794. The van der Waals surface area contributed by atoms with Crippen LogP contribution in [0.2, 0.25) is 0 Å². The summed E-state index contributed by atoms with van der Waals surface area (Å²) in [7, 11) is 0. The highest BCUT2D eigenvalue weighted by Crippen LogP contribution is 2.56. The van der Waals surface area contributed by atoms with Gasteiger partial charge in [-0.2, -0.15) is 0 Å². The molecule has 4 saturated carbocycles. The molecular formula is C16H21FN2. The number of hydrogen-bond donors (Lipinski definition) is 2. The Morgan fingerprint density at radius 2 is 1.63 bits per heavy atom. The second kappa shape index (κ2) is 3.87. The van der Waals surface area contributed by atoms with Crippen molar-refractivity contribution >= 4 is 11.4 Å². The van der Waals surface area contributed by atoms with Crippen LogP contribution in [0.3, 0.4) is 0 Å². The lowest BCUT2D eigenvalue weighted by atomic mass is 9.53. The number of nitrogen functional groups attached to an aromatic ring is 1. The summed E-state index contributed by atoms with van der Waals surface area (Å²) >= 11 is 0. The highest BCUT2D eigenvalue weighted by Gasteiger charge is 2.51. The molecule has 102 valence electrons. The summed E-state index contributed by atoms with van der Waals surface area (Å²) in [5.41, 5.74) is 6.91. The summed E-state index contributed by atoms with van der Waals surface area (Å²) in [4.78, 5) is 0. The van der Waals surface area contributed by atoms with Crippen molar-refractivity contribution < 1.29 is 4.39 Å². The van der Waals surface area contributed by atoms with Gasteiger partial charge in [-0.05, 0) is 74.5 Å². The Morgan fingerprint density at radius 3 is 2.16 bits per heavy atom. The largest absolute Gasteiger partial charge is 0.399 e. The van der Waals surface area contributed by atoms with E-state index in [0.717, 1.165) is 17.8 Å². The van der Waals surface area contributed by atoms with Crippen LogP contribution in [0.1, 0.15) is 38.5 Å². The first-order valence-electron chi connectivity index (χ1n) is 7.45. The third kappa shape index (κ3) is 1.90. The molecule has 0 atom stereocenters. The van der Waals surface area contributed by atoms with Gasteiger partial charge in [0.25, 0.3) is 0 Å². The Hall–Kier alpha value is -1.25. The predicted octanol–water partition coefficient (Wildman–Crippen LogP) is 3.79. The van der Waals surface area contributed by atoms with E-state index in [1.54, 1.807) is 12.1 Å². The highest BCUT2D eigenvalue weighted by molar-refractivity contribution is 5.54. The Kier molecular flexibility index (Phi) is 2.36. The molecule has 0 unspecified atom stereocenters. The number of benzene rings is 1. The summed E-state index contributed by atoms with van der Waals surface area (Å²) < 4.78 is 14.0. The molecule has 1 aromatic rings. The summed E-state index contributed by atoms with van der Waals surface area (Å²) in [6.07, 6.45) is 7.90. The van der Waals surface area contributed by atoms with E-state index in [9.17, 15) is 4.39 Å². The number of hydrogen-bond acceptors (Lipinski definition) is 2. The minimum atomic E-state index is -0.212. The molecule has 2 nitrogen and oxygen atoms in total. The van der Waals surface area contributed by atoms with E-state index in [4.69, 9.17) is 5.73 Å². The van der Waals surface area contributed by atoms with Crippen molar-refractivity contribution in [3.8, 4) is 0 Å². The van der Waals surface area contributed by atoms with Crippen molar-refractivity contribution in [3.63, 3.8) is 0 Å². The Labute approximate surface area is 113 Å². The van der Waals surface area contributed by atoms with Gasteiger partial charge in [0, 0.05) is 11.2 Å². The zero-order valence-electron chi connectivity index (χ0n) is 11.2. The molecule has 4 fully saturated rings. The first kappa shape index (κ1) is 11.6. The van der Waals surface area contributed by atoms with Gasteiger partial charge in [0.1, 0.15) is 5.82 Å². The van der Waals surface area contributed by atoms with Gasteiger partial charge in [0.05, 0.1) is 5.69 Å². The van der Waals surface area contributed by atoms with Gasteiger partial charge in [0.2, 0.25) is 0 Å². The van der Waals surface area contributed by atoms with Crippen LogP contribution in [-0.2, 0) is 0 Å². The first-order valence-corrected chi connectivity index (χ1v) is 7.45. The average Bonchev–Trinajstić information content (AvgIpc) is 2.31. The molecule has 0 heterocycles. The minimum absolute atomic E-state index is 0.158. The van der Waals surface area contributed by atoms with Crippen molar-refractivity contribution in [2.75, 3.05) is 11.1 Å². The van der Waals surface area contributed by atoms with Crippen LogP contribution in [-0.4, -0.2) is 5.54 Å². The lowest BCUT2D eigenvalue weighted by Crippen LogP contribution is -2.54. The zero-order chi connectivity index (χ0) is 13.0. The van der Waals surface area contributed by atoms with Crippen LogP contribution in [0.5, 0.6) is 0 Å². The average molecular weight is 260 g/mol.